The standard InChI is InChI=1S/C12H19N7O3.CH2O2/c1-17-15-12(14-16-17)9-6-19(4-5-22-9)11(21)8-18-3-2-13-10(20)7-18;2-1-3/h9H,2-8H2,1H3,(H,13,20);1H,(H,2,3). The van der Waals surface area contributed by atoms with Gasteiger partial charge in [0, 0.05) is 19.6 Å². The van der Waals surface area contributed by atoms with Gasteiger partial charge in [0.15, 0.2) is 0 Å². The van der Waals surface area contributed by atoms with Crippen molar-refractivity contribution >= 4 is 18.3 Å². The minimum absolute atomic E-state index is 0.00751. The van der Waals surface area contributed by atoms with Gasteiger partial charge in [-0.25, -0.2) is 0 Å². The van der Waals surface area contributed by atoms with Crippen LogP contribution >= 0.6 is 0 Å². The van der Waals surface area contributed by atoms with E-state index in [1.54, 1.807) is 11.9 Å². The summed E-state index contributed by atoms with van der Waals surface area (Å²) in [5.74, 6) is 0.437. The lowest BCUT2D eigenvalue weighted by Gasteiger charge is -2.34. The maximum Gasteiger partial charge on any atom is 0.290 e. The van der Waals surface area contributed by atoms with E-state index >= 15 is 0 Å². The Morgan fingerprint density at radius 3 is 2.88 bits per heavy atom. The van der Waals surface area contributed by atoms with Gasteiger partial charge in [-0.05, 0) is 5.21 Å². The number of nitrogens with zero attached hydrogens (tertiary/aromatic N) is 6. The number of piperazine rings is 1. The van der Waals surface area contributed by atoms with E-state index in [2.05, 4.69) is 20.7 Å². The number of tetrazole rings is 1. The molecule has 1 aromatic heterocycles. The molecule has 2 amide bonds. The third kappa shape index (κ3) is 5.46. The van der Waals surface area contributed by atoms with Gasteiger partial charge in [0.05, 0.1) is 33.3 Å². The summed E-state index contributed by atoms with van der Waals surface area (Å²) in [6.07, 6.45) is -0.351. The Bertz CT molecular complexity index is 607. The topological polar surface area (TPSA) is 143 Å². The number of aromatic nitrogens is 4. The number of hydrogen-bond donors (Lipinski definition) is 2. The largest absolute Gasteiger partial charge is 0.483 e. The van der Waals surface area contributed by atoms with Crippen LogP contribution in [-0.2, 0) is 26.2 Å². The number of morpholine rings is 1. The maximum absolute atomic E-state index is 12.4. The third-order valence-electron chi connectivity index (χ3n) is 3.71. The molecular weight excluding hydrogens is 334 g/mol. The number of nitrogens with one attached hydrogen (secondary N) is 1. The molecule has 25 heavy (non-hydrogen) atoms. The highest BCUT2D eigenvalue weighted by molar-refractivity contribution is 5.82. The van der Waals surface area contributed by atoms with Gasteiger partial charge in [0.2, 0.25) is 17.6 Å². The average molecular weight is 355 g/mol. The molecule has 2 aliphatic rings. The van der Waals surface area contributed by atoms with Crippen LogP contribution < -0.4 is 5.32 Å². The molecule has 1 unspecified atom stereocenters. The van der Waals surface area contributed by atoms with Crippen molar-refractivity contribution in [2.75, 3.05) is 45.9 Å². The summed E-state index contributed by atoms with van der Waals surface area (Å²) in [5, 5.41) is 21.5. The van der Waals surface area contributed by atoms with Crippen molar-refractivity contribution in [3.63, 3.8) is 0 Å². The minimum atomic E-state index is -0.351. The summed E-state index contributed by atoms with van der Waals surface area (Å²) in [7, 11) is 1.68. The molecule has 0 radical (unpaired) electrons. The van der Waals surface area contributed by atoms with Gasteiger partial charge >= 0.3 is 0 Å². The van der Waals surface area contributed by atoms with Crippen molar-refractivity contribution in [1.82, 2.24) is 35.3 Å². The second-order valence-electron chi connectivity index (χ2n) is 5.50. The van der Waals surface area contributed by atoms with E-state index in [9.17, 15) is 9.59 Å². The third-order valence-corrected chi connectivity index (χ3v) is 3.71. The summed E-state index contributed by atoms with van der Waals surface area (Å²) in [6.45, 7) is 2.92. The van der Waals surface area contributed by atoms with Gasteiger partial charge in [-0.3, -0.25) is 19.3 Å². The number of rotatable bonds is 3. The highest BCUT2D eigenvalue weighted by atomic mass is 16.5. The molecule has 0 saturated carbocycles. The van der Waals surface area contributed by atoms with Gasteiger partial charge in [0.1, 0.15) is 6.10 Å². The van der Waals surface area contributed by atoms with Crippen LogP contribution in [0.2, 0.25) is 0 Å². The molecule has 12 heteroatoms. The van der Waals surface area contributed by atoms with Gasteiger partial charge in [0.25, 0.3) is 6.47 Å². The van der Waals surface area contributed by atoms with Crippen molar-refractivity contribution in [3.8, 4) is 0 Å². The molecule has 3 heterocycles. The predicted octanol–water partition coefficient (Wildman–Crippen LogP) is -2.76. The van der Waals surface area contributed by atoms with Crippen LogP contribution in [0.25, 0.3) is 0 Å². The monoisotopic (exact) mass is 355 g/mol. The first-order valence-electron chi connectivity index (χ1n) is 7.73. The number of ether oxygens (including phenoxy) is 1. The number of carbonyl (C=O) groups excluding carboxylic acids is 2. The molecule has 0 aromatic carbocycles. The Hall–Kier alpha value is -2.60. The van der Waals surface area contributed by atoms with Crippen LogP contribution in [0.4, 0.5) is 0 Å². The summed E-state index contributed by atoms with van der Waals surface area (Å²) in [6, 6.07) is 0. The second-order valence-corrected chi connectivity index (χ2v) is 5.50. The highest BCUT2D eigenvalue weighted by Crippen LogP contribution is 2.18. The molecule has 0 spiro atoms. The fourth-order valence-electron chi connectivity index (χ4n) is 2.58. The normalized spacial score (nSPS) is 21.1. The Morgan fingerprint density at radius 1 is 1.48 bits per heavy atom. The lowest BCUT2D eigenvalue weighted by Crippen LogP contribution is -2.52. The van der Waals surface area contributed by atoms with Crippen molar-refractivity contribution in [2.24, 2.45) is 7.05 Å². The van der Waals surface area contributed by atoms with Crippen LogP contribution in [-0.4, -0.2) is 99.3 Å². The van der Waals surface area contributed by atoms with Gasteiger partial charge in [-0.2, -0.15) is 4.80 Å². The quantitative estimate of drug-likeness (QED) is 0.551. The zero-order valence-corrected chi connectivity index (χ0v) is 13.9. The van der Waals surface area contributed by atoms with Crippen LogP contribution in [0.3, 0.4) is 0 Å². The van der Waals surface area contributed by atoms with E-state index in [0.717, 1.165) is 0 Å². The first-order chi connectivity index (χ1) is 12.0. The van der Waals surface area contributed by atoms with E-state index in [0.29, 0.717) is 38.6 Å². The lowest BCUT2D eigenvalue weighted by atomic mass is 10.2. The average Bonchev–Trinajstić information content (AvgIpc) is 3.02. The molecule has 1 aromatic rings. The summed E-state index contributed by atoms with van der Waals surface area (Å²) < 4.78 is 5.61. The Morgan fingerprint density at radius 2 is 2.24 bits per heavy atom. The van der Waals surface area contributed by atoms with Crippen LogP contribution in [0.1, 0.15) is 11.9 Å². The van der Waals surface area contributed by atoms with Gasteiger partial charge < -0.3 is 20.1 Å². The molecular formula is C13H21N7O5. The van der Waals surface area contributed by atoms with Crippen LogP contribution in [0.15, 0.2) is 0 Å². The molecule has 1 atom stereocenters. The first kappa shape index (κ1) is 18.7. The summed E-state index contributed by atoms with van der Waals surface area (Å²) in [4.78, 5) is 37.1. The molecule has 2 aliphatic heterocycles. The zero-order valence-electron chi connectivity index (χ0n) is 13.9. The number of aryl methyl sites for hydroxylation is 1. The summed E-state index contributed by atoms with van der Waals surface area (Å²) in [5.41, 5.74) is 0. The smallest absolute Gasteiger partial charge is 0.290 e. The molecule has 0 aliphatic carbocycles. The molecule has 3 rings (SSSR count). The van der Waals surface area contributed by atoms with Crippen LogP contribution in [0, 0.1) is 0 Å². The number of hydrogen-bond acceptors (Lipinski definition) is 8. The zero-order chi connectivity index (χ0) is 18.2. The first-order valence-corrected chi connectivity index (χ1v) is 7.73. The summed E-state index contributed by atoms with van der Waals surface area (Å²) >= 11 is 0. The van der Waals surface area contributed by atoms with E-state index in [1.165, 1.54) is 4.80 Å². The maximum atomic E-state index is 12.4. The van der Waals surface area contributed by atoms with Crippen molar-refractivity contribution in [2.45, 2.75) is 6.10 Å². The van der Waals surface area contributed by atoms with Crippen molar-refractivity contribution < 1.29 is 24.2 Å². The Kier molecular flexibility index (Phi) is 6.77. The van der Waals surface area contributed by atoms with Crippen LogP contribution in [0.5, 0.6) is 0 Å². The molecule has 2 fully saturated rings. The fraction of sp³-hybridized carbons (Fsp3) is 0.692. The molecule has 138 valence electrons. The predicted molar refractivity (Wildman–Crippen MR) is 82.2 cm³/mol. The van der Waals surface area contributed by atoms with Crippen molar-refractivity contribution in [3.05, 3.63) is 5.82 Å². The number of amides is 2. The Labute approximate surface area is 143 Å². The number of carboxylic acid groups (broad SMARTS) is 1. The highest BCUT2D eigenvalue weighted by Gasteiger charge is 2.29. The molecule has 12 nitrogen and oxygen atoms in total. The minimum Gasteiger partial charge on any atom is -0.483 e. The molecule has 0 bridgehead atoms. The van der Waals surface area contributed by atoms with Crippen molar-refractivity contribution in [1.29, 1.82) is 0 Å². The van der Waals surface area contributed by atoms with E-state index in [1.807, 2.05) is 4.90 Å². The Balaban J connectivity index is 0.000000701. The van der Waals surface area contributed by atoms with E-state index in [-0.39, 0.29) is 37.5 Å². The van der Waals surface area contributed by atoms with Gasteiger partial charge in [-0.15, -0.1) is 10.2 Å². The molecule has 2 N–H and O–H groups in total. The fourth-order valence-corrected chi connectivity index (χ4v) is 2.58. The second kappa shape index (κ2) is 9.03. The van der Waals surface area contributed by atoms with Gasteiger partial charge in [-0.1, -0.05) is 0 Å². The number of carbonyl (C=O) groups is 3. The molecule has 2 saturated heterocycles. The van der Waals surface area contributed by atoms with E-state index < -0.39 is 0 Å². The lowest BCUT2D eigenvalue weighted by molar-refractivity contribution is -0.141. The SMILES string of the molecule is Cn1nnc(C2CN(C(=O)CN3CCNC(=O)C3)CCO2)n1.O=CO. The van der Waals surface area contributed by atoms with E-state index in [4.69, 9.17) is 14.6 Å².